The maximum Gasteiger partial charge on any atom is 0.148 e. The van der Waals surface area contributed by atoms with Crippen molar-refractivity contribution in [2.75, 3.05) is 31.5 Å². The van der Waals surface area contributed by atoms with E-state index in [1.807, 2.05) is 18.2 Å². The average molecular weight is 397 g/mol. The Labute approximate surface area is 173 Å². The Kier molecular flexibility index (Phi) is 5.60. The molecule has 2 heterocycles. The Hall–Kier alpha value is -2.01. The van der Waals surface area contributed by atoms with Crippen molar-refractivity contribution in [3.8, 4) is 11.3 Å². The smallest absolute Gasteiger partial charge is 0.148 e. The van der Waals surface area contributed by atoms with Crippen LogP contribution in [0.1, 0.15) is 46.5 Å². The molecule has 0 radical (unpaired) electrons. The van der Waals surface area contributed by atoms with Crippen LogP contribution in [0.25, 0.3) is 11.3 Å². The molecule has 4 rings (SSSR count). The second-order valence-corrected chi connectivity index (χ2v) is 10.1. The van der Waals surface area contributed by atoms with Gasteiger partial charge in [-0.15, -0.1) is 10.2 Å². The Morgan fingerprint density at radius 2 is 1.93 bits per heavy atom. The van der Waals surface area contributed by atoms with Gasteiger partial charge in [0, 0.05) is 12.1 Å². The summed E-state index contributed by atoms with van der Waals surface area (Å²) in [4.78, 5) is 2.65. The second kappa shape index (κ2) is 8.02. The van der Waals surface area contributed by atoms with Crippen LogP contribution in [0.3, 0.4) is 0 Å². The van der Waals surface area contributed by atoms with Crippen LogP contribution in [-0.4, -0.2) is 41.3 Å². The van der Waals surface area contributed by atoms with Crippen LogP contribution >= 0.6 is 0 Å². The minimum Gasteiger partial charge on any atom is -0.368 e. The molecule has 1 N–H and O–H groups in total. The fraction of sp³-hybridized carbons (Fsp3) is 0.583. The molecule has 0 bridgehead atoms. The van der Waals surface area contributed by atoms with Crippen LogP contribution in [0, 0.1) is 22.6 Å². The van der Waals surface area contributed by atoms with Crippen molar-refractivity contribution in [1.82, 2.24) is 15.1 Å². The molecule has 1 spiro atoms. The van der Waals surface area contributed by atoms with Crippen LogP contribution < -0.4 is 5.32 Å². The summed E-state index contributed by atoms with van der Waals surface area (Å²) in [7, 11) is 0. The normalized spacial score (nSPS) is 21.3. The van der Waals surface area contributed by atoms with Gasteiger partial charge in [-0.3, -0.25) is 0 Å². The number of benzene rings is 1. The third-order valence-corrected chi connectivity index (χ3v) is 6.70. The van der Waals surface area contributed by atoms with E-state index in [0.717, 1.165) is 23.8 Å². The van der Waals surface area contributed by atoms with Crippen LogP contribution in [-0.2, 0) is 0 Å². The molecule has 1 atom stereocenters. The fourth-order valence-electron chi connectivity index (χ4n) is 4.50. The summed E-state index contributed by atoms with van der Waals surface area (Å²) in [6.45, 7) is 11.7. The fourth-order valence-corrected chi connectivity index (χ4v) is 4.50. The minimum absolute atomic E-state index is 0.255. The molecule has 4 nitrogen and oxygen atoms in total. The number of rotatable bonds is 6. The van der Waals surface area contributed by atoms with Crippen LogP contribution in [0.2, 0.25) is 0 Å². The molecule has 29 heavy (non-hydrogen) atoms. The Morgan fingerprint density at radius 1 is 1.14 bits per heavy atom. The Bertz CT molecular complexity index is 820. The van der Waals surface area contributed by atoms with Gasteiger partial charge >= 0.3 is 0 Å². The number of hydrogen-bond donors (Lipinski definition) is 1. The summed E-state index contributed by atoms with van der Waals surface area (Å²) in [5.74, 6) is 1.29. The zero-order valence-electron chi connectivity index (χ0n) is 17.9. The Morgan fingerprint density at radius 3 is 2.59 bits per heavy atom. The van der Waals surface area contributed by atoms with Gasteiger partial charge in [0.05, 0.1) is 5.69 Å². The second-order valence-electron chi connectivity index (χ2n) is 10.1. The highest BCUT2D eigenvalue weighted by molar-refractivity contribution is 5.59. The topological polar surface area (TPSA) is 41.0 Å². The Balaban J connectivity index is 1.23. The summed E-state index contributed by atoms with van der Waals surface area (Å²) < 4.78 is 13.4. The van der Waals surface area contributed by atoms with E-state index >= 15 is 0 Å². The molecule has 1 unspecified atom stereocenters. The van der Waals surface area contributed by atoms with Gasteiger partial charge in [0.25, 0.3) is 0 Å². The van der Waals surface area contributed by atoms with Gasteiger partial charge < -0.3 is 10.2 Å². The highest BCUT2D eigenvalue weighted by Gasteiger charge is 2.54. The molecule has 1 aliphatic heterocycles. The van der Waals surface area contributed by atoms with Gasteiger partial charge in [-0.2, -0.15) is 0 Å². The lowest BCUT2D eigenvalue weighted by molar-refractivity contribution is 0.147. The molecule has 2 aromatic rings. The molecule has 1 aromatic carbocycles. The van der Waals surface area contributed by atoms with Crippen molar-refractivity contribution in [3.05, 3.63) is 42.2 Å². The zero-order chi connectivity index (χ0) is 20.5. The number of likely N-dealkylation sites (tertiary alicyclic amines) is 1. The predicted molar refractivity (Wildman–Crippen MR) is 116 cm³/mol. The average Bonchev–Trinajstić information content (AvgIpc) is 3.37. The van der Waals surface area contributed by atoms with E-state index in [4.69, 9.17) is 0 Å². The standard InChI is InChI=1S/C24H33FN4/c1-23(2,3)9-12-29-13-10-24(11-14-29)16-19(24)17-26-22-8-7-21(27-28-22)18-5-4-6-20(25)15-18/h4-8,15,19H,9-14,16-17H2,1-3H3,(H,26,28). The number of halogens is 1. The molecule has 0 amide bonds. The van der Waals surface area contributed by atoms with E-state index in [2.05, 4.69) is 41.2 Å². The van der Waals surface area contributed by atoms with Gasteiger partial charge in [0.1, 0.15) is 11.6 Å². The van der Waals surface area contributed by atoms with Crippen molar-refractivity contribution in [1.29, 1.82) is 0 Å². The maximum atomic E-state index is 13.4. The highest BCUT2D eigenvalue weighted by atomic mass is 19.1. The highest BCUT2D eigenvalue weighted by Crippen LogP contribution is 2.59. The molecule has 1 saturated heterocycles. The van der Waals surface area contributed by atoms with Gasteiger partial charge in [0.15, 0.2) is 0 Å². The maximum absolute atomic E-state index is 13.4. The van der Waals surface area contributed by atoms with Gasteiger partial charge in [0.2, 0.25) is 0 Å². The summed E-state index contributed by atoms with van der Waals surface area (Å²) in [6.07, 6.45) is 5.26. The molecule has 2 fully saturated rings. The molecule has 156 valence electrons. The quantitative estimate of drug-likeness (QED) is 0.726. The van der Waals surface area contributed by atoms with Crippen LogP contribution in [0.5, 0.6) is 0 Å². The van der Waals surface area contributed by atoms with E-state index in [1.165, 1.54) is 57.5 Å². The van der Waals surface area contributed by atoms with Crippen molar-refractivity contribution in [2.24, 2.45) is 16.7 Å². The van der Waals surface area contributed by atoms with Gasteiger partial charge in [-0.05, 0) is 86.3 Å². The van der Waals surface area contributed by atoms with E-state index in [1.54, 1.807) is 6.07 Å². The van der Waals surface area contributed by atoms with E-state index < -0.39 is 0 Å². The molecule has 1 aromatic heterocycles. The van der Waals surface area contributed by atoms with Gasteiger partial charge in [-0.1, -0.05) is 32.9 Å². The third-order valence-electron chi connectivity index (χ3n) is 6.70. The van der Waals surface area contributed by atoms with E-state index in [-0.39, 0.29) is 5.82 Å². The van der Waals surface area contributed by atoms with Crippen molar-refractivity contribution in [3.63, 3.8) is 0 Å². The van der Waals surface area contributed by atoms with E-state index in [0.29, 0.717) is 16.5 Å². The number of nitrogens with zero attached hydrogens (tertiary/aromatic N) is 3. The van der Waals surface area contributed by atoms with Gasteiger partial charge in [-0.25, -0.2) is 4.39 Å². The monoisotopic (exact) mass is 396 g/mol. The number of hydrogen-bond acceptors (Lipinski definition) is 4. The summed E-state index contributed by atoms with van der Waals surface area (Å²) in [5.41, 5.74) is 2.43. The minimum atomic E-state index is -0.255. The largest absolute Gasteiger partial charge is 0.368 e. The third kappa shape index (κ3) is 5.13. The molecular weight excluding hydrogens is 363 g/mol. The lowest BCUT2D eigenvalue weighted by atomic mass is 9.88. The lowest BCUT2D eigenvalue weighted by Crippen LogP contribution is -2.37. The van der Waals surface area contributed by atoms with Crippen molar-refractivity contribution in [2.45, 2.75) is 46.5 Å². The first-order valence-electron chi connectivity index (χ1n) is 10.9. The summed E-state index contributed by atoms with van der Waals surface area (Å²) in [6, 6.07) is 10.3. The predicted octanol–water partition coefficient (Wildman–Crippen LogP) is 5.23. The van der Waals surface area contributed by atoms with Crippen LogP contribution in [0.4, 0.5) is 10.2 Å². The van der Waals surface area contributed by atoms with Crippen LogP contribution in [0.15, 0.2) is 36.4 Å². The first-order valence-corrected chi connectivity index (χ1v) is 10.9. The molecule has 2 aliphatic rings. The summed E-state index contributed by atoms with van der Waals surface area (Å²) >= 11 is 0. The first-order chi connectivity index (χ1) is 13.8. The molecule has 1 saturated carbocycles. The number of anilines is 1. The SMILES string of the molecule is CC(C)(C)CCN1CCC2(CC1)CC2CNc1ccc(-c2cccc(F)c2)nn1. The number of nitrogens with one attached hydrogen (secondary N) is 1. The van der Waals surface area contributed by atoms with Crippen molar-refractivity contribution < 1.29 is 4.39 Å². The zero-order valence-corrected chi connectivity index (χ0v) is 17.9. The number of piperidine rings is 1. The first kappa shape index (κ1) is 20.3. The summed E-state index contributed by atoms with van der Waals surface area (Å²) in [5, 5.41) is 12.0. The van der Waals surface area contributed by atoms with E-state index in [9.17, 15) is 4.39 Å². The molecule has 5 heteroatoms. The molecular formula is C24H33FN4. The lowest BCUT2D eigenvalue weighted by Gasteiger charge is -2.34. The van der Waals surface area contributed by atoms with Crippen molar-refractivity contribution >= 4 is 5.82 Å². The number of aromatic nitrogens is 2. The molecule has 1 aliphatic carbocycles.